The molecule has 7 heteroatoms. The molecule has 0 aliphatic carbocycles. The van der Waals surface area contributed by atoms with E-state index in [0.29, 0.717) is 31.5 Å². The van der Waals surface area contributed by atoms with Crippen molar-refractivity contribution in [3.8, 4) is 5.75 Å². The van der Waals surface area contributed by atoms with Gasteiger partial charge in [-0.25, -0.2) is 13.1 Å². The highest BCUT2D eigenvalue weighted by Gasteiger charge is 2.27. The summed E-state index contributed by atoms with van der Waals surface area (Å²) in [6.45, 7) is 7.18. The van der Waals surface area contributed by atoms with Gasteiger partial charge in [-0.05, 0) is 54.2 Å². The second-order valence-corrected chi connectivity index (χ2v) is 10.2. The summed E-state index contributed by atoms with van der Waals surface area (Å²) in [5, 5.41) is 9.55. The number of benzene rings is 2. The first-order chi connectivity index (χ1) is 13.6. The van der Waals surface area contributed by atoms with Gasteiger partial charge in [0.25, 0.3) is 5.91 Å². The van der Waals surface area contributed by atoms with Crippen LogP contribution in [0.4, 0.5) is 0 Å². The number of phenolic OH excluding ortho intramolecular Hbond substituents is 1. The van der Waals surface area contributed by atoms with Crippen LogP contribution in [0.15, 0.2) is 53.4 Å². The van der Waals surface area contributed by atoms with Crippen LogP contribution >= 0.6 is 0 Å². The van der Waals surface area contributed by atoms with Gasteiger partial charge in [0, 0.05) is 24.7 Å². The Morgan fingerprint density at radius 3 is 2.24 bits per heavy atom. The van der Waals surface area contributed by atoms with Crippen LogP contribution in [0.3, 0.4) is 0 Å². The molecule has 2 aromatic carbocycles. The van der Waals surface area contributed by atoms with Crippen molar-refractivity contribution in [3.63, 3.8) is 0 Å². The zero-order valence-electron chi connectivity index (χ0n) is 17.1. The van der Waals surface area contributed by atoms with E-state index < -0.39 is 10.0 Å². The first kappa shape index (κ1) is 21.3. The molecule has 1 heterocycles. The van der Waals surface area contributed by atoms with Gasteiger partial charge in [-0.3, -0.25) is 4.79 Å². The lowest BCUT2D eigenvalue weighted by Gasteiger charge is -2.32. The van der Waals surface area contributed by atoms with E-state index in [9.17, 15) is 18.3 Å². The largest absolute Gasteiger partial charge is 0.508 e. The third kappa shape index (κ3) is 5.16. The van der Waals surface area contributed by atoms with Crippen LogP contribution in [0.1, 0.15) is 49.5 Å². The van der Waals surface area contributed by atoms with Gasteiger partial charge < -0.3 is 10.0 Å². The zero-order valence-corrected chi connectivity index (χ0v) is 17.9. The van der Waals surface area contributed by atoms with Crippen molar-refractivity contribution >= 4 is 15.9 Å². The summed E-state index contributed by atoms with van der Waals surface area (Å²) in [5.41, 5.74) is 1.48. The number of nitrogens with one attached hydrogen (secondary N) is 1. The Balaban J connectivity index is 1.60. The maximum absolute atomic E-state index is 12.7. The smallest absolute Gasteiger partial charge is 0.253 e. The predicted octanol–water partition coefficient (Wildman–Crippen LogP) is 3.27. The quantitative estimate of drug-likeness (QED) is 0.801. The number of rotatable bonds is 4. The normalized spacial score (nSPS) is 16.0. The molecule has 1 amide bonds. The molecule has 6 nitrogen and oxygen atoms in total. The fourth-order valence-corrected chi connectivity index (χ4v) is 4.75. The number of likely N-dealkylation sites (tertiary alicyclic amines) is 1. The molecule has 0 bridgehead atoms. The summed E-state index contributed by atoms with van der Waals surface area (Å²) >= 11 is 0. The maximum atomic E-state index is 12.7. The van der Waals surface area contributed by atoms with Gasteiger partial charge in [0.15, 0.2) is 0 Å². The number of amides is 1. The molecule has 0 radical (unpaired) electrons. The summed E-state index contributed by atoms with van der Waals surface area (Å²) in [4.78, 5) is 14.5. The minimum atomic E-state index is -3.60. The maximum Gasteiger partial charge on any atom is 0.253 e. The molecule has 1 aliphatic rings. The number of hydrogen-bond acceptors (Lipinski definition) is 4. The molecular formula is C22H28N2O4S. The van der Waals surface area contributed by atoms with Crippen LogP contribution in [-0.4, -0.2) is 43.5 Å². The zero-order chi connectivity index (χ0) is 21.2. The molecule has 0 saturated carbocycles. The van der Waals surface area contributed by atoms with Crippen LogP contribution in [0.25, 0.3) is 0 Å². The molecule has 1 fully saturated rings. The SMILES string of the molecule is CC(C)(C)c1ccc(S(=O)(=O)NC2CCN(C(=O)c3cccc(O)c3)CC2)cc1. The van der Waals surface area contributed by atoms with E-state index in [1.807, 2.05) is 12.1 Å². The molecular weight excluding hydrogens is 388 g/mol. The van der Waals surface area contributed by atoms with Crippen molar-refractivity contribution in [3.05, 3.63) is 59.7 Å². The van der Waals surface area contributed by atoms with Crippen LogP contribution < -0.4 is 4.72 Å². The Hall–Kier alpha value is -2.38. The van der Waals surface area contributed by atoms with Crippen molar-refractivity contribution < 1.29 is 18.3 Å². The number of carbonyl (C=O) groups excluding carboxylic acids is 1. The number of nitrogens with zero attached hydrogens (tertiary/aromatic N) is 1. The minimum absolute atomic E-state index is 0.0371. The first-order valence-electron chi connectivity index (χ1n) is 9.77. The van der Waals surface area contributed by atoms with Crippen molar-refractivity contribution in [1.29, 1.82) is 0 Å². The highest BCUT2D eigenvalue weighted by molar-refractivity contribution is 7.89. The molecule has 0 aromatic heterocycles. The van der Waals surface area contributed by atoms with Crippen molar-refractivity contribution in [1.82, 2.24) is 9.62 Å². The van der Waals surface area contributed by atoms with Gasteiger partial charge in [-0.1, -0.05) is 39.0 Å². The van der Waals surface area contributed by atoms with E-state index >= 15 is 0 Å². The summed E-state index contributed by atoms with van der Waals surface area (Å²) in [6, 6.07) is 13.0. The molecule has 0 spiro atoms. The van der Waals surface area contributed by atoms with Crippen LogP contribution in [0, 0.1) is 0 Å². The van der Waals surface area contributed by atoms with E-state index in [4.69, 9.17) is 0 Å². The van der Waals surface area contributed by atoms with Gasteiger partial charge in [-0.2, -0.15) is 0 Å². The Labute approximate surface area is 172 Å². The lowest BCUT2D eigenvalue weighted by molar-refractivity contribution is 0.0711. The molecule has 1 aliphatic heterocycles. The number of aromatic hydroxyl groups is 1. The van der Waals surface area contributed by atoms with E-state index in [0.717, 1.165) is 5.56 Å². The standard InChI is InChI=1S/C22H28N2O4S/c1-22(2,3)17-7-9-20(10-8-17)29(27,28)23-18-11-13-24(14-12-18)21(26)16-5-4-6-19(25)15-16/h4-10,15,18,23,25H,11-14H2,1-3H3. The molecule has 0 atom stereocenters. The summed E-state index contributed by atoms with van der Waals surface area (Å²) < 4.78 is 28.2. The van der Waals surface area contributed by atoms with Gasteiger partial charge in [0.05, 0.1) is 4.90 Å². The average Bonchev–Trinajstić information content (AvgIpc) is 2.67. The summed E-state index contributed by atoms with van der Waals surface area (Å²) in [6.07, 6.45) is 1.09. The lowest BCUT2D eigenvalue weighted by Crippen LogP contribution is -2.46. The molecule has 3 rings (SSSR count). The van der Waals surface area contributed by atoms with Crippen LogP contribution in [0.5, 0.6) is 5.75 Å². The van der Waals surface area contributed by atoms with E-state index in [-0.39, 0.29) is 28.0 Å². The third-order valence-electron chi connectivity index (χ3n) is 5.23. The average molecular weight is 417 g/mol. The second-order valence-electron chi connectivity index (χ2n) is 8.51. The molecule has 29 heavy (non-hydrogen) atoms. The fraction of sp³-hybridized carbons (Fsp3) is 0.409. The highest BCUT2D eigenvalue weighted by atomic mass is 32.2. The number of phenols is 1. The van der Waals surface area contributed by atoms with Gasteiger partial charge in [-0.15, -0.1) is 0 Å². The Morgan fingerprint density at radius 2 is 1.69 bits per heavy atom. The summed E-state index contributed by atoms with van der Waals surface area (Å²) in [7, 11) is -3.60. The molecule has 2 aromatic rings. The Morgan fingerprint density at radius 1 is 1.07 bits per heavy atom. The Bertz CT molecular complexity index is 971. The Kier molecular flexibility index (Phi) is 6.00. The minimum Gasteiger partial charge on any atom is -0.508 e. The third-order valence-corrected chi connectivity index (χ3v) is 6.76. The van der Waals surface area contributed by atoms with Crippen LogP contribution in [-0.2, 0) is 15.4 Å². The monoisotopic (exact) mass is 416 g/mol. The van der Waals surface area contributed by atoms with Crippen molar-refractivity contribution in [2.75, 3.05) is 13.1 Å². The number of carbonyl (C=O) groups is 1. The van der Waals surface area contributed by atoms with E-state index in [1.165, 1.54) is 12.1 Å². The lowest BCUT2D eigenvalue weighted by atomic mass is 9.87. The summed E-state index contributed by atoms with van der Waals surface area (Å²) in [5.74, 6) is -0.101. The topological polar surface area (TPSA) is 86.7 Å². The highest BCUT2D eigenvalue weighted by Crippen LogP contribution is 2.24. The number of sulfonamides is 1. The van der Waals surface area contributed by atoms with Gasteiger partial charge in [0.2, 0.25) is 10.0 Å². The second kappa shape index (κ2) is 8.16. The number of piperidine rings is 1. The van der Waals surface area contributed by atoms with Crippen molar-refractivity contribution in [2.24, 2.45) is 0 Å². The molecule has 156 valence electrons. The van der Waals surface area contributed by atoms with Crippen molar-refractivity contribution in [2.45, 2.75) is 50.0 Å². The number of hydrogen-bond donors (Lipinski definition) is 2. The van der Waals surface area contributed by atoms with Gasteiger partial charge >= 0.3 is 0 Å². The molecule has 2 N–H and O–H groups in total. The predicted molar refractivity (Wildman–Crippen MR) is 112 cm³/mol. The molecule has 0 unspecified atom stereocenters. The fourth-order valence-electron chi connectivity index (χ4n) is 3.44. The van der Waals surface area contributed by atoms with Gasteiger partial charge in [0.1, 0.15) is 5.75 Å². The van der Waals surface area contributed by atoms with E-state index in [1.54, 1.807) is 29.2 Å². The van der Waals surface area contributed by atoms with E-state index in [2.05, 4.69) is 25.5 Å². The first-order valence-corrected chi connectivity index (χ1v) is 11.3. The van der Waals surface area contributed by atoms with Crippen LogP contribution in [0.2, 0.25) is 0 Å². The molecule has 1 saturated heterocycles.